The fourth-order valence-corrected chi connectivity index (χ4v) is 3.40. The van der Waals surface area contributed by atoms with Crippen molar-refractivity contribution in [2.24, 2.45) is 0 Å². The van der Waals surface area contributed by atoms with Gasteiger partial charge < -0.3 is 9.47 Å². The van der Waals surface area contributed by atoms with E-state index in [1.165, 1.54) is 0 Å². The van der Waals surface area contributed by atoms with E-state index < -0.39 is 0 Å². The summed E-state index contributed by atoms with van der Waals surface area (Å²) in [7, 11) is 0. The molecule has 3 nitrogen and oxygen atoms in total. The number of ether oxygens (including phenoxy) is 2. The van der Waals surface area contributed by atoms with E-state index in [-0.39, 0.29) is 5.78 Å². The summed E-state index contributed by atoms with van der Waals surface area (Å²) in [5.74, 6) is 2.38. The van der Waals surface area contributed by atoms with E-state index in [0.29, 0.717) is 17.1 Å². The summed E-state index contributed by atoms with van der Waals surface area (Å²) in [4.78, 5) is 12.9. The van der Waals surface area contributed by atoms with Gasteiger partial charge in [0, 0.05) is 5.57 Å². The highest BCUT2D eigenvalue weighted by molar-refractivity contribution is 6.25. The zero-order valence-corrected chi connectivity index (χ0v) is 15.0. The zero-order valence-electron chi connectivity index (χ0n) is 15.0. The van der Waals surface area contributed by atoms with Gasteiger partial charge in [-0.05, 0) is 71.3 Å². The molecular formula is C25H16O3. The van der Waals surface area contributed by atoms with Gasteiger partial charge in [-0.2, -0.15) is 0 Å². The minimum absolute atomic E-state index is 0.108. The Kier molecular flexibility index (Phi) is 3.91. The summed E-state index contributed by atoms with van der Waals surface area (Å²) in [5.41, 5.74) is 3.57. The molecule has 2 aliphatic rings. The molecule has 28 heavy (non-hydrogen) atoms. The summed E-state index contributed by atoms with van der Waals surface area (Å²) in [6.45, 7) is 0. The largest absolute Gasteiger partial charge is 0.457 e. The van der Waals surface area contributed by atoms with Crippen molar-refractivity contribution in [3.63, 3.8) is 0 Å². The maximum absolute atomic E-state index is 12.9. The van der Waals surface area contributed by atoms with Gasteiger partial charge in [0.25, 0.3) is 0 Å². The van der Waals surface area contributed by atoms with Crippen LogP contribution in [0.1, 0.15) is 11.1 Å². The van der Waals surface area contributed by atoms with Crippen molar-refractivity contribution < 1.29 is 14.3 Å². The third-order valence-electron chi connectivity index (χ3n) is 4.72. The number of hydrogen-bond acceptors (Lipinski definition) is 3. The molecule has 0 radical (unpaired) electrons. The van der Waals surface area contributed by atoms with Crippen LogP contribution in [0.15, 0.2) is 102 Å². The van der Waals surface area contributed by atoms with Gasteiger partial charge in [-0.15, -0.1) is 0 Å². The number of hydrogen-bond donors (Lipinski definition) is 0. The molecule has 0 saturated heterocycles. The highest BCUT2D eigenvalue weighted by Gasteiger charge is 2.30. The van der Waals surface area contributed by atoms with Gasteiger partial charge in [0.2, 0.25) is 5.78 Å². The molecule has 3 heteroatoms. The fourth-order valence-electron chi connectivity index (χ4n) is 3.40. The highest BCUT2D eigenvalue weighted by atomic mass is 16.5. The van der Waals surface area contributed by atoms with E-state index in [2.05, 4.69) is 0 Å². The summed E-state index contributed by atoms with van der Waals surface area (Å²) < 4.78 is 11.7. The Morgan fingerprint density at radius 3 is 2.00 bits per heavy atom. The Bertz CT molecular complexity index is 1150. The average molecular weight is 364 g/mol. The van der Waals surface area contributed by atoms with Crippen molar-refractivity contribution >= 4 is 17.4 Å². The Morgan fingerprint density at radius 1 is 0.607 bits per heavy atom. The van der Waals surface area contributed by atoms with Crippen LogP contribution in [-0.4, -0.2) is 5.78 Å². The fraction of sp³-hybridized carbons (Fsp3) is 0. The normalized spacial score (nSPS) is 14.4. The number of allylic oxidation sites excluding steroid dienone is 4. The second kappa shape index (κ2) is 6.71. The lowest BCUT2D eigenvalue weighted by molar-refractivity contribution is -0.113. The summed E-state index contributed by atoms with van der Waals surface area (Å²) >= 11 is 0. The third-order valence-corrected chi connectivity index (χ3v) is 4.72. The van der Waals surface area contributed by atoms with Crippen molar-refractivity contribution in [3.05, 3.63) is 113 Å². The highest BCUT2D eigenvalue weighted by Crippen LogP contribution is 2.41. The van der Waals surface area contributed by atoms with E-state index in [4.69, 9.17) is 9.47 Å². The summed E-state index contributed by atoms with van der Waals surface area (Å²) in [6, 6.07) is 24.8. The van der Waals surface area contributed by atoms with E-state index >= 15 is 0 Å². The topological polar surface area (TPSA) is 35.5 Å². The van der Waals surface area contributed by atoms with Gasteiger partial charge in [-0.25, -0.2) is 0 Å². The smallest absolute Gasteiger partial charge is 0.228 e. The number of ketones is 1. The number of benzene rings is 3. The van der Waals surface area contributed by atoms with Crippen LogP contribution in [0.25, 0.3) is 11.6 Å². The maximum Gasteiger partial charge on any atom is 0.228 e. The molecule has 134 valence electrons. The van der Waals surface area contributed by atoms with Crippen molar-refractivity contribution in [3.8, 4) is 17.2 Å². The Balaban J connectivity index is 1.43. The molecule has 0 spiro atoms. The van der Waals surface area contributed by atoms with Crippen molar-refractivity contribution in [2.75, 3.05) is 0 Å². The number of para-hydroxylation sites is 2. The summed E-state index contributed by atoms with van der Waals surface area (Å²) in [5, 5.41) is 0. The van der Waals surface area contributed by atoms with E-state index in [9.17, 15) is 4.79 Å². The van der Waals surface area contributed by atoms with Crippen LogP contribution < -0.4 is 9.47 Å². The van der Waals surface area contributed by atoms with Crippen LogP contribution in [0.5, 0.6) is 17.2 Å². The standard InChI is InChI=1S/C25H16O3/c26-25-23-16-17-15-20(27-18-7-3-1-4-8-18)11-12-21(17)22(23)13-14-24(25)28-19-9-5-2-6-10-19/h1-16H. The molecule has 0 aromatic heterocycles. The lowest BCUT2D eigenvalue weighted by Gasteiger charge is -2.15. The van der Waals surface area contributed by atoms with Gasteiger partial charge >= 0.3 is 0 Å². The molecule has 0 fully saturated rings. The molecule has 5 rings (SSSR count). The lowest BCUT2D eigenvalue weighted by atomic mass is 9.95. The second-order valence-corrected chi connectivity index (χ2v) is 6.58. The molecule has 0 saturated carbocycles. The number of carbonyl (C=O) groups is 1. The second-order valence-electron chi connectivity index (χ2n) is 6.58. The van der Waals surface area contributed by atoms with E-state index in [0.717, 1.165) is 28.2 Å². The maximum atomic E-state index is 12.9. The Labute approximate surface area is 162 Å². The van der Waals surface area contributed by atoms with Crippen molar-refractivity contribution in [1.82, 2.24) is 0 Å². The lowest BCUT2D eigenvalue weighted by Crippen LogP contribution is -2.14. The summed E-state index contributed by atoms with van der Waals surface area (Å²) in [6.07, 6.45) is 5.59. The number of carbonyl (C=O) groups excluding carboxylic acids is 1. The van der Waals surface area contributed by atoms with E-state index in [1.807, 2.05) is 91.0 Å². The first-order valence-corrected chi connectivity index (χ1v) is 9.07. The zero-order chi connectivity index (χ0) is 18.9. The Hall–Kier alpha value is -3.85. The Morgan fingerprint density at radius 2 is 1.29 bits per heavy atom. The van der Waals surface area contributed by atoms with Gasteiger partial charge in [0.15, 0.2) is 5.76 Å². The predicted octanol–water partition coefficient (Wildman–Crippen LogP) is 5.80. The first kappa shape index (κ1) is 16.3. The number of fused-ring (bicyclic) bond motifs is 3. The molecule has 3 aromatic carbocycles. The SMILES string of the molecule is O=C1C(Oc2ccccc2)=CC=C2C1=Cc1cc(Oc3ccccc3)ccc12. The van der Waals surface area contributed by atoms with Gasteiger partial charge in [0.1, 0.15) is 17.2 Å². The van der Waals surface area contributed by atoms with Crippen molar-refractivity contribution in [1.29, 1.82) is 0 Å². The van der Waals surface area contributed by atoms with Crippen LogP contribution in [0.4, 0.5) is 0 Å². The molecule has 0 bridgehead atoms. The molecule has 2 aliphatic carbocycles. The van der Waals surface area contributed by atoms with Gasteiger partial charge in [-0.1, -0.05) is 42.5 Å². The number of rotatable bonds is 4. The molecule has 0 N–H and O–H groups in total. The first-order chi connectivity index (χ1) is 13.8. The number of Topliss-reactive ketones (excluding diaryl/α,β-unsaturated/α-hetero) is 1. The molecule has 3 aromatic rings. The predicted molar refractivity (Wildman–Crippen MR) is 109 cm³/mol. The van der Waals surface area contributed by atoms with Crippen LogP contribution in [0.2, 0.25) is 0 Å². The molecule has 0 amide bonds. The quantitative estimate of drug-likeness (QED) is 0.586. The van der Waals surface area contributed by atoms with Crippen LogP contribution in [0, 0.1) is 0 Å². The monoisotopic (exact) mass is 364 g/mol. The first-order valence-electron chi connectivity index (χ1n) is 9.07. The van der Waals surface area contributed by atoms with Crippen LogP contribution in [-0.2, 0) is 4.79 Å². The van der Waals surface area contributed by atoms with E-state index in [1.54, 1.807) is 6.08 Å². The van der Waals surface area contributed by atoms with Gasteiger partial charge in [0.05, 0.1) is 0 Å². The van der Waals surface area contributed by atoms with Crippen LogP contribution >= 0.6 is 0 Å². The molecule has 0 atom stereocenters. The minimum Gasteiger partial charge on any atom is -0.457 e. The van der Waals surface area contributed by atoms with Crippen LogP contribution in [0.3, 0.4) is 0 Å². The average Bonchev–Trinajstić information content (AvgIpc) is 3.10. The third kappa shape index (κ3) is 2.93. The van der Waals surface area contributed by atoms with Gasteiger partial charge in [-0.3, -0.25) is 4.79 Å². The minimum atomic E-state index is -0.108. The molecule has 0 heterocycles. The molecular weight excluding hydrogens is 348 g/mol. The molecule has 0 aliphatic heterocycles. The molecule has 0 unspecified atom stereocenters. The van der Waals surface area contributed by atoms with Crippen molar-refractivity contribution in [2.45, 2.75) is 0 Å².